The molecular weight excluding hydrogens is 245 g/mol. The predicted molar refractivity (Wildman–Crippen MR) is 48.4 cm³/mol. The maximum atomic E-state index is 10.9. The molecule has 64 valence electrons. The van der Waals surface area contributed by atoms with Crippen LogP contribution in [0.2, 0.25) is 5.02 Å². The van der Waals surface area contributed by atoms with Gasteiger partial charge in [0.15, 0.2) is 0 Å². The van der Waals surface area contributed by atoms with Gasteiger partial charge in [-0.15, -0.1) is 0 Å². The topological polar surface area (TPSA) is 49.3 Å². The lowest BCUT2D eigenvalue weighted by Gasteiger charge is -2.02. The summed E-state index contributed by atoms with van der Waals surface area (Å²) in [6, 6.07) is 4.87. The molecule has 1 aromatic rings. The van der Waals surface area contributed by atoms with Crippen LogP contribution in [0.5, 0.6) is 0 Å². The van der Waals surface area contributed by atoms with E-state index in [4.69, 9.17) is 16.8 Å². The fourth-order valence-corrected chi connectivity index (χ4v) is 1.32. The Hall–Kier alpha value is -0.580. The Morgan fingerprint density at radius 3 is 2.83 bits per heavy atom. The number of nitrogens with one attached hydrogen (secondary N) is 1. The van der Waals surface area contributed by atoms with Gasteiger partial charge in [-0.05, 0) is 28.1 Å². The highest BCUT2D eigenvalue weighted by Crippen LogP contribution is 2.25. The van der Waals surface area contributed by atoms with Gasteiger partial charge in [0.2, 0.25) is 0 Å². The monoisotopic (exact) mass is 249 g/mol. The smallest absolute Gasteiger partial charge is 0.276 e. The third-order valence-corrected chi connectivity index (χ3v) is 2.59. The second-order valence-corrected chi connectivity index (χ2v) is 3.27. The van der Waals surface area contributed by atoms with Crippen LogP contribution in [-0.4, -0.2) is 11.1 Å². The minimum Gasteiger partial charge on any atom is -0.288 e. The molecular formula is C7H5BrClNO2. The van der Waals surface area contributed by atoms with Crippen molar-refractivity contribution in [2.24, 2.45) is 0 Å². The Bertz CT molecular complexity index is 316. The standard InChI is InChI=1S/C7H5BrClNO2/c8-5-3-1-2-4(6(5)9)7(11)10-12/h1-3,12H,(H,10,11). The Kier molecular flexibility index (Phi) is 3.08. The molecule has 0 fully saturated rings. The number of rotatable bonds is 1. The molecule has 0 aromatic heterocycles. The number of hydrogen-bond donors (Lipinski definition) is 2. The van der Waals surface area contributed by atoms with E-state index in [1.165, 1.54) is 11.5 Å². The molecule has 0 radical (unpaired) electrons. The van der Waals surface area contributed by atoms with E-state index in [2.05, 4.69) is 15.9 Å². The molecule has 0 heterocycles. The van der Waals surface area contributed by atoms with Crippen molar-refractivity contribution in [1.82, 2.24) is 5.48 Å². The number of benzene rings is 1. The minimum absolute atomic E-state index is 0.230. The number of halogens is 2. The van der Waals surface area contributed by atoms with E-state index in [-0.39, 0.29) is 10.6 Å². The lowest BCUT2D eigenvalue weighted by atomic mass is 10.2. The summed E-state index contributed by atoms with van der Waals surface area (Å²) in [5.74, 6) is -0.624. The summed E-state index contributed by atoms with van der Waals surface area (Å²) in [6.45, 7) is 0. The SMILES string of the molecule is O=C(NO)c1cccc(Br)c1Cl. The van der Waals surface area contributed by atoms with Crippen LogP contribution in [-0.2, 0) is 0 Å². The highest BCUT2D eigenvalue weighted by Gasteiger charge is 2.10. The van der Waals surface area contributed by atoms with Gasteiger partial charge in [-0.25, -0.2) is 5.48 Å². The van der Waals surface area contributed by atoms with Gasteiger partial charge >= 0.3 is 0 Å². The third kappa shape index (κ3) is 1.77. The Morgan fingerprint density at radius 1 is 1.58 bits per heavy atom. The lowest BCUT2D eigenvalue weighted by Crippen LogP contribution is -2.18. The Labute approximate surface area is 82.4 Å². The molecule has 0 saturated carbocycles. The molecule has 1 rings (SSSR count). The first-order chi connectivity index (χ1) is 5.66. The van der Waals surface area contributed by atoms with E-state index in [9.17, 15) is 4.79 Å². The van der Waals surface area contributed by atoms with Crippen LogP contribution in [0.4, 0.5) is 0 Å². The highest BCUT2D eigenvalue weighted by atomic mass is 79.9. The van der Waals surface area contributed by atoms with Crippen molar-refractivity contribution in [3.05, 3.63) is 33.3 Å². The first kappa shape index (κ1) is 9.51. The molecule has 0 bridgehead atoms. The maximum Gasteiger partial charge on any atom is 0.276 e. The van der Waals surface area contributed by atoms with Gasteiger partial charge in [0.05, 0.1) is 10.6 Å². The first-order valence-electron chi connectivity index (χ1n) is 3.05. The van der Waals surface area contributed by atoms with Crippen LogP contribution in [0.25, 0.3) is 0 Å². The number of carbonyl (C=O) groups is 1. The van der Waals surface area contributed by atoms with Crippen LogP contribution >= 0.6 is 27.5 Å². The quantitative estimate of drug-likeness (QED) is 0.593. The zero-order chi connectivity index (χ0) is 9.14. The molecule has 1 aromatic carbocycles. The van der Waals surface area contributed by atoms with Crippen LogP contribution in [0.1, 0.15) is 10.4 Å². The maximum absolute atomic E-state index is 10.9. The molecule has 0 atom stereocenters. The number of hydroxylamine groups is 1. The molecule has 2 N–H and O–H groups in total. The number of amides is 1. The van der Waals surface area contributed by atoms with Crippen LogP contribution in [0, 0.1) is 0 Å². The zero-order valence-electron chi connectivity index (χ0n) is 5.84. The van der Waals surface area contributed by atoms with Gasteiger partial charge < -0.3 is 0 Å². The Balaban J connectivity index is 3.16. The highest BCUT2D eigenvalue weighted by molar-refractivity contribution is 9.10. The van der Waals surface area contributed by atoms with Crippen molar-refractivity contribution in [3.8, 4) is 0 Å². The van der Waals surface area contributed by atoms with E-state index in [0.717, 1.165) is 0 Å². The van der Waals surface area contributed by atoms with Gasteiger partial charge in [0.25, 0.3) is 5.91 Å². The molecule has 0 aliphatic carbocycles. The largest absolute Gasteiger partial charge is 0.288 e. The van der Waals surface area contributed by atoms with E-state index in [1.54, 1.807) is 12.1 Å². The van der Waals surface area contributed by atoms with E-state index < -0.39 is 5.91 Å². The van der Waals surface area contributed by atoms with E-state index >= 15 is 0 Å². The average molecular weight is 250 g/mol. The molecule has 0 unspecified atom stereocenters. The van der Waals surface area contributed by atoms with Gasteiger partial charge in [0.1, 0.15) is 0 Å². The summed E-state index contributed by atoms with van der Waals surface area (Å²) in [6.07, 6.45) is 0. The van der Waals surface area contributed by atoms with Gasteiger partial charge in [0, 0.05) is 4.47 Å². The first-order valence-corrected chi connectivity index (χ1v) is 4.22. The fraction of sp³-hybridized carbons (Fsp3) is 0. The molecule has 0 saturated heterocycles. The van der Waals surface area contributed by atoms with Gasteiger partial charge in [-0.3, -0.25) is 10.0 Å². The minimum atomic E-state index is -0.624. The third-order valence-electron chi connectivity index (χ3n) is 1.30. The molecule has 0 aliphatic rings. The van der Waals surface area contributed by atoms with Crippen LogP contribution in [0.3, 0.4) is 0 Å². The fourth-order valence-electron chi connectivity index (χ4n) is 0.739. The number of carbonyl (C=O) groups excluding carboxylic acids is 1. The summed E-state index contributed by atoms with van der Waals surface area (Å²) < 4.78 is 0.616. The van der Waals surface area contributed by atoms with Gasteiger partial charge in [-0.2, -0.15) is 0 Å². The van der Waals surface area contributed by atoms with Crippen molar-refractivity contribution in [3.63, 3.8) is 0 Å². The van der Waals surface area contributed by atoms with Crippen LogP contribution < -0.4 is 5.48 Å². The van der Waals surface area contributed by atoms with Gasteiger partial charge in [-0.1, -0.05) is 17.7 Å². The normalized spacial score (nSPS) is 9.58. The lowest BCUT2D eigenvalue weighted by molar-refractivity contribution is 0.0706. The van der Waals surface area contributed by atoms with E-state index in [0.29, 0.717) is 4.47 Å². The van der Waals surface area contributed by atoms with Crippen molar-refractivity contribution < 1.29 is 10.0 Å². The summed E-state index contributed by atoms with van der Waals surface area (Å²) >= 11 is 8.90. The molecule has 12 heavy (non-hydrogen) atoms. The molecule has 0 aliphatic heterocycles. The number of hydrogen-bond acceptors (Lipinski definition) is 2. The molecule has 5 heteroatoms. The van der Waals surface area contributed by atoms with Crippen molar-refractivity contribution >= 4 is 33.4 Å². The molecule has 0 spiro atoms. The van der Waals surface area contributed by atoms with Crippen molar-refractivity contribution in [1.29, 1.82) is 0 Å². The van der Waals surface area contributed by atoms with Crippen LogP contribution in [0.15, 0.2) is 22.7 Å². The zero-order valence-corrected chi connectivity index (χ0v) is 8.19. The van der Waals surface area contributed by atoms with Crippen molar-refractivity contribution in [2.75, 3.05) is 0 Å². The van der Waals surface area contributed by atoms with E-state index in [1.807, 2.05) is 0 Å². The molecule has 1 amide bonds. The summed E-state index contributed by atoms with van der Waals surface area (Å²) in [5, 5.41) is 8.61. The second kappa shape index (κ2) is 3.89. The summed E-state index contributed by atoms with van der Waals surface area (Å²) in [7, 11) is 0. The molecule has 3 nitrogen and oxygen atoms in total. The summed E-state index contributed by atoms with van der Waals surface area (Å²) in [4.78, 5) is 10.9. The second-order valence-electron chi connectivity index (χ2n) is 2.04. The van der Waals surface area contributed by atoms with Crippen molar-refractivity contribution in [2.45, 2.75) is 0 Å². The predicted octanol–water partition coefficient (Wildman–Crippen LogP) is 2.22. The average Bonchev–Trinajstić information content (AvgIpc) is 2.08. The summed E-state index contributed by atoms with van der Waals surface area (Å²) in [5.41, 5.74) is 1.74. The Morgan fingerprint density at radius 2 is 2.25 bits per heavy atom.